The third kappa shape index (κ3) is 2.81. The summed E-state index contributed by atoms with van der Waals surface area (Å²) < 4.78 is 25.4. The van der Waals surface area contributed by atoms with Crippen LogP contribution in [0.15, 0.2) is 59.5 Å². The van der Waals surface area contributed by atoms with E-state index >= 15 is 0 Å². The van der Waals surface area contributed by atoms with Gasteiger partial charge in [-0.15, -0.1) is 4.83 Å². The van der Waals surface area contributed by atoms with Crippen LogP contribution < -0.4 is 10.3 Å². The molecule has 0 radical (unpaired) electrons. The van der Waals surface area contributed by atoms with Crippen LogP contribution in [0, 0.1) is 0 Å². The minimum absolute atomic E-state index is 0.0232. The Morgan fingerprint density at radius 1 is 0.923 bits per heavy atom. The van der Waals surface area contributed by atoms with Gasteiger partial charge in [-0.25, -0.2) is 8.42 Å². The first-order valence-corrected chi connectivity index (χ1v) is 9.59. The molecule has 1 amide bonds. The molecule has 6 nitrogen and oxygen atoms in total. The predicted molar refractivity (Wildman–Crippen MR) is 97.3 cm³/mol. The number of hydrogen-bond donors (Lipinski definition) is 3. The number of amides is 1. The van der Waals surface area contributed by atoms with Gasteiger partial charge in [0.2, 0.25) is 0 Å². The number of carbonyl (C=O) groups excluding carboxylic acids is 1. The fraction of sp³-hybridized carbons (Fsp3) is 0.105. The maximum atomic E-state index is 12.7. The number of phenolic OH excluding ortho intramolecular Hbond substituents is 1. The number of hydrogen-bond acceptors (Lipinski definition) is 4. The monoisotopic (exact) mass is 368 g/mol. The summed E-state index contributed by atoms with van der Waals surface area (Å²) in [6.07, 6.45) is 1.81. The summed E-state index contributed by atoms with van der Waals surface area (Å²) in [6.45, 7) is 0. The van der Waals surface area contributed by atoms with Crippen molar-refractivity contribution in [2.24, 2.45) is 0 Å². The maximum Gasteiger partial charge on any atom is 0.266 e. The molecule has 3 aromatic carbocycles. The highest BCUT2D eigenvalue weighted by atomic mass is 32.2. The van der Waals surface area contributed by atoms with E-state index in [4.69, 9.17) is 0 Å². The zero-order valence-electron chi connectivity index (χ0n) is 13.7. The number of aryl methyl sites for hydroxylation is 2. The van der Waals surface area contributed by atoms with E-state index in [0.29, 0.717) is 5.39 Å². The van der Waals surface area contributed by atoms with Crippen LogP contribution in [-0.4, -0.2) is 19.4 Å². The number of benzene rings is 3. The average Bonchev–Trinajstić information content (AvgIpc) is 3.06. The highest BCUT2D eigenvalue weighted by molar-refractivity contribution is 7.89. The molecule has 0 heterocycles. The Hall–Kier alpha value is -2.90. The van der Waals surface area contributed by atoms with E-state index < -0.39 is 15.9 Å². The lowest BCUT2D eigenvalue weighted by atomic mass is 10.1. The molecule has 0 aliphatic heterocycles. The second-order valence-electron chi connectivity index (χ2n) is 6.17. The van der Waals surface area contributed by atoms with Gasteiger partial charge in [-0.2, -0.15) is 0 Å². The van der Waals surface area contributed by atoms with Gasteiger partial charge in [-0.3, -0.25) is 10.2 Å². The van der Waals surface area contributed by atoms with Crippen LogP contribution in [0.4, 0.5) is 0 Å². The summed E-state index contributed by atoms with van der Waals surface area (Å²) in [6, 6.07) is 14.5. The van der Waals surface area contributed by atoms with E-state index in [1.54, 1.807) is 12.1 Å². The molecule has 26 heavy (non-hydrogen) atoms. The Bertz CT molecular complexity index is 1110. The number of nitrogens with one attached hydrogen (secondary N) is 2. The molecule has 4 rings (SSSR count). The number of carbonyl (C=O) groups is 1. The summed E-state index contributed by atoms with van der Waals surface area (Å²) in [5, 5.41) is 10.9. The molecule has 1 aliphatic carbocycles. The molecule has 0 aromatic heterocycles. The molecule has 0 unspecified atom stereocenters. The van der Waals surface area contributed by atoms with Crippen LogP contribution in [-0.2, 0) is 22.9 Å². The third-order valence-electron chi connectivity index (χ3n) is 4.55. The molecule has 0 atom stereocenters. The van der Waals surface area contributed by atoms with Crippen molar-refractivity contribution in [1.82, 2.24) is 10.3 Å². The zero-order chi connectivity index (χ0) is 18.3. The first-order chi connectivity index (χ1) is 12.5. The van der Waals surface area contributed by atoms with Crippen LogP contribution in [0.25, 0.3) is 10.8 Å². The summed E-state index contributed by atoms with van der Waals surface area (Å²) >= 11 is 0. The molecular weight excluding hydrogens is 352 g/mol. The minimum Gasteiger partial charge on any atom is -0.508 e. The Kier molecular flexibility index (Phi) is 3.90. The standard InChI is InChI=1S/C19H16N2O4S/c22-15-9-6-14(7-10-15)19(23)20-21-26(24,25)17-11-8-13-5-4-12-2-1-3-16(17)18(12)13/h1-3,6-11,21-22H,4-5H2,(H,20,23). The fourth-order valence-corrected chi connectivity index (χ4v) is 4.35. The number of aromatic hydroxyl groups is 1. The van der Waals surface area contributed by atoms with E-state index in [0.717, 1.165) is 29.4 Å². The summed E-state index contributed by atoms with van der Waals surface area (Å²) in [5.41, 5.74) is 4.72. The van der Waals surface area contributed by atoms with E-state index in [1.807, 2.05) is 18.2 Å². The van der Waals surface area contributed by atoms with Gasteiger partial charge in [0.25, 0.3) is 15.9 Å². The number of hydrazine groups is 1. The van der Waals surface area contributed by atoms with Crippen molar-refractivity contribution in [2.45, 2.75) is 17.7 Å². The van der Waals surface area contributed by atoms with Crippen molar-refractivity contribution >= 4 is 26.7 Å². The Balaban J connectivity index is 1.63. The highest BCUT2D eigenvalue weighted by Crippen LogP contribution is 2.34. The van der Waals surface area contributed by atoms with Gasteiger partial charge >= 0.3 is 0 Å². The number of rotatable bonds is 4. The Morgan fingerprint density at radius 3 is 2.35 bits per heavy atom. The normalized spacial score (nSPS) is 13.1. The molecule has 3 aromatic rings. The van der Waals surface area contributed by atoms with Crippen molar-refractivity contribution in [3.8, 4) is 5.75 Å². The van der Waals surface area contributed by atoms with Crippen LogP contribution >= 0.6 is 0 Å². The van der Waals surface area contributed by atoms with E-state index in [-0.39, 0.29) is 16.2 Å². The smallest absolute Gasteiger partial charge is 0.266 e. The second kappa shape index (κ2) is 6.12. The summed E-state index contributed by atoms with van der Waals surface area (Å²) in [7, 11) is -3.94. The minimum atomic E-state index is -3.94. The van der Waals surface area contributed by atoms with E-state index in [1.165, 1.54) is 24.3 Å². The van der Waals surface area contributed by atoms with Crippen molar-refractivity contribution in [3.05, 3.63) is 71.3 Å². The molecule has 0 bridgehead atoms. The summed E-state index contributed by atoms with van der Waals surface area (Å²) in [4.78, 5) is 14.4. The van der Waals surface area contributed by atoms with Gasteiger partial charge in [0.15, 0.2) is 0 Å². The Labute approximate surface area is 150 Å². The highest BCUT2D eigenvalue weighted by Gasteiger charge is 2.23. The third-order valence-corrected chi connectivity index (χ3v) is 5.86. The van der Waals surface area contributed by atoms with Gasteiger partial charge < -0.3 is 5.11 Å². The molecule has 0 spiro atoms. The van der Waals surface area contributed by atoms with Crippen LogP contribution in [0.2, 0.25) is 0 Å². The van der Waals surface area contributed by atoms with Crippen molar-refractivity contribution in [2.75, 3.05) is 0 Å². The molecule has 7 heteroatoms. The molecule has 1 aliphatic rings. The summed E-state index contributed by atoms with van der Waals surface area (Å²) in [5.74, 6) is -0.588. The first-order valence-electron chi connectivity index (χ1n) is 8.10. The van der Waals surface area contributed by atoms with Gasteiger partial charge in [0, 0.05) is 10.9 Å². The molecule has 3 N–H and O–H groups in total. The topological polar surface area (TPSA) is 95.5 Å². The second-order valence-corrected chi connectivity index (χ2v) is 7.82. The van der Waals surface area contributed by atoms with Crippen LogP contribution in [0.1, 0.15) is 21.5 Å². The maximum absolute atomic E-state index is 12.7. The molecule has 0 saturated carbocycles. The van der Waals surface area contributed by atoms with Gasteiger partial charge in [-0.05, 0) is 59.7 Å². The van der Waals surface area contributed by atoms with Gasteiger partial charge in [0.1, 0.15) is 5.75 Å². The fourth-order valence-electron chi connectivity index (χ4n) is 3.31. The Morgan fingerprint density at radius 2 is 1.62 bits per heavy atom. The lowest BCUT2D eigenvalue weighted by Gasteiger charge is -2.12. The molecular formula is C19H16N2O4S. The number of sulfonamides is 1. The molecule has 132 valence electrons. The average molecular weight is 368 g/mol. The lowest BCUT2D eigenvalue weighted by molar-refractivity contribution is 0.0945. The van der Waals surface area contributed by atoms with Crippen molar-refractivity contribution < 1.29 is 18.3 Å². The van der Waals surface area contributed by atoms with E-state index in [9.17, 15) is 18.3 Å². The van der Waals surface area contributed by atoms with Crippen LogP contribution in [0.3, 0.4) is 0 Å². The molecule has 0 fully saturated rings. The largest absolute Gasteiger partial charge is 0.508 e. The lowest BCUT2D eigenvalue weighted by Crippen LogP contribution is -2.41. The zero-order valence-corrected chi connectivity index (χ0v) is 14.5. The SMILES string of the molecule is O=C(NNS(=O)(=O)c1ccc2c3c(cccc13)CC2)c1ccc(O)cc1. The van der Waals surface area contributed by atoms with Crippen LogP contribution in [0.5, 0.6) is 5.75 Å². The van der Waals surface area contributed by atoms with Crippen molar-refractivity contribution in [1.29, 1.82) is 0 Å². The molecule has 0 saturated heterocycles. The van der Waals surface area contributed by atoms with Gasteiger partial charge in [-0.1, -0.05) is 24.3 Å². The van der Waals surface area contributed by atoms with E-state index in [2.05, 4.69) is 10.3 Å². The predicted octanol–water partition coefficient (Wildman–Crippen LogP) is 2.27. The van der Waals surface area contributed by atoms with Crippen molar-refractivity contribution in [3.63, 3.8) is 0 Å². The first kappa shape index (κ1) is 16.6. The number of phenols is 1. The quantitative estimate of drug-likeness (QED) is 0.616. The van der Waals surface area contributed by atoms with Gasteiger partial charge in [0.05, 0.1) is 4.90 Å².